The Morgan fingerprint density at radius 3 is 2.40 bits per heavy atom. The third-order valence-electron chi connectivity index (χ3n) is 6.82. The number of aromatic nitrogens is 4. The highest BCUT2D eigenvalue weighted by Gasteiger charge is 2.27. The van der Waals surface area contributed by atoms with E-state index in [0.29, 0.717) is 28.7 Å². The first kappa shape index (κ1) is 30.8. The third kappa shape index (κ3) is 6.08. The number of rotatable bonds is 10. The molecule has 0 bridgehead atoms. The van der Waals surface area contributed by atoms with Crippen LogP contribution in [0.2, 0.25) is 0 Å². The number of aliphatic carboxylic acids is 1. The van der Waals surface area contributed by atoms with E-state index >= 15 is 0 Å². The number of anilines is 1. The van der Waals surface area contributed by atoms with Gasteiger partial charge in [-0.2, -0.15) is 0 Å². The molecule has 0 fully saturated rings. The number of hydrogen-bond acceptors (Lipinski definition) is 8. The van der Waals surface area contributed by atoms with E-state index in [2.05, 4.69) is 15.3 Å². The van der Waals surface area contributed by atoms with Gasteiger partial charge < -0.3 is 15.2 Å². The van der Waals surface area contributed by atoms with Crippen LogP contribution in [0.5, 0.6) is 5.75 Å². The van der Waals surface area contributed by atoms with Crippen LogP contribution in [-0.4, -0.2) is 57.9 Å². The van der Waals surface area contributed by atoms with Crippen molar-refractivity contribution in [3.63, 3.8) is 0 Å². The number of nitrogens with one attached hydrogen (secondary N) is 2. The molecule has 1 amide bonds. The van der Waals surface area contributed by atoms with E-state index in [1.54, 1.807) is 17.8 Å². The van der Waals surface area contributed by atoms with E-state index < -0.39 is 50.8 Å². The number of carbonyl (C=O) groups is 2. The van der Waals surface area contributed by atoms with E-state index in [1.807, 2.05) is 4.72 Å². The molecule has 3 heterocycles. The molecule has 3 aromatic heterocycles. The molecular weight excluding hydrogens is 614 g/mol. The Balaban J connectivity index is 1.33. The van der Waals surface area contributed by atoms with Gasteiger partial charge in [-0.05, 0) is 42.5 Å². The average Bonchev–Trinajstić information content (AvgIpc) is 3.26. The Bertz CT molecular complexity index is 2090. The number of benzene rings is 2. The number of hydrogen-bond donors (Lipinski definition) is 3. The van der Waals surface area contributed by atoms with E-state index in [9.17, 15) is 36.7 Å². The van der Waals surface area contributed by atoms with E-state index in [4.69, 9.17) is 4.74 Å². The Morgan fingerprint density at radius 2 is 1.78 bits per heavy atom. The monoisotopic (exact) mass is 638 g/mol. The lowest BCUT2D eigenvalue weighted by molar-refractivity contribution is -0.139. The molecular formula is C29H24F2N6O7S. The van der Waals surface area contributed by atoms with Crippen molar-refractivity contribution in [1.29, 1.82) is 0 Å². The molecule has 3 N–H and O–H groups in total. The molecule has 0 unspecified atom stereocenters. The number of para-hydroxylation sites is 1. The largest absolute Gasteiger partial charge is 0.495 e. The molecule has 45 heavy (non-hydrogen) atoms. The standard InChI is InChI=1S/C29H24F2N6O7S/c1-36-23-15-32-10-9-19(23)28(39)37(36)18-8-7-16(33-14-18)13-22(29(40)41)34-27(38)26-20(30)11-17(12-21(26)31)35-45(42,43)25-6-4-3-5-24(25)44-2/h3-12,14-15,22,35H,13H2,1-2H3,(H,34,38)(H,40,41)/t22-/m0/s1. The molecule has 13 nitrogen and oxygen atoms in total. The maximum atomic E-state index is 15.0. The lowest BCUT2D eigenvalue weighted by atomic mass is 10.1. The molecule has 0 saturated carbocycles. The number of nitrogens with zero attached hydrogens (tertiary/aromatic N) is 4. The van der Waals surface area contributed by atoms with Gasteiger partial charge in [0.2, 0.25) is 0 Å². The maximum Gasteiger partial charge on any atom is 0.326 e. The maximum absolute atomic E-state index is 15.0. The van der Waals surface area contributed by atoms with Crippen LogP contribution in [0.3, 0.4) is 0 Å². The number of fused-ring (bicyclic) bond motifs is 1. The lowest BCUT2D eigenvalue weighted by Crippen LogP contribution is -2.43. The fraction of sp³-hybridized carbons (Fsp3) is 0.138. The molecule has 0 aliphatic rings. The normalized spacial score (nSPS) is 12.1. The minimum atomic E-state index is -4.34. The van der Waals surface area contributed by atoms with Crippen LogP contribution in [0.1, 0.15) is 16.1 Å². The van der Waals surface area contributed by atoms with Gasteiger partial charge in [0.05, 0.1) is 41.8 Å². The summed E-state index contributed by atoms with van der Waals surface area (Å²) in [6.07, 6.45) is 4.00. The number of carboxylic acids is 1. The first-order valence-corrected chi connectivity index (χ1v) is 14.5. The molecule has 232 valence electrons. The molecule has 5 aromatic rings. The fourth-order valence-electron chi connectivity index (χ4n) is 4.68. The highest BCUT2D eigenvalue weighted by atomic mass is 32.2. The number of sulfonamides is 1. The van der Waals surface area contributed by atoms with Crippen molar-refractivity contribution >= 4 is 38.5 Å². The minimum Gasteiger partial charge on any atom is -0.495 e. The van der Waals surface area contributed by atoms with Gasteiger partial charge in [-0.3, -0.25) is 29.0 Å². The Kier molecular flexibility index (Phi) is 8.32. The zero-order valence-corrected chi connectivity index (χ0v) is 24.4. The number of ether oxygens (including phenoxy) is 1. The first-order chi connectivity index (χ1) is 21.4. The third-order valence-corrected chi connectivity index (χ3v) is 8.24. The van der Waals surface area contributed by atoms with Crippen LogP contribution < -0.4 is 20.3 Å². The number of aryl methyl sites for hydroxylation is 1. The van der Waals surface area contributed by atoms with E-state index in [-0.39, 0.29) is 28.3 Å². The molecule has 0 aliphatic carbocycles. The van der Waals surface area contributed by atoms with Crippen LogP contribution in [-0.2, 0) is 28.3 Å². The molecule has 16 heteroatoms. The Morgan fingerprint density at radius 1 is 1.07 bits per heavy atom. The van der Waals surface area contributed by atoms with Crippen LogP contribution in [0.25, 0.3) is 16.6 Å². The summed E-state index contributed by atoms with van der Waals surface area (Å²) in [5.74, 6) is -5.77. The summed E-state index contributed by atoms with van der Waals surface area (Å²) in [6.45, 7) is 0. The summed E-state index contributed by atoms with van der Waals surface area (Å²) in [5.41, 5.74) is -0.794. The molecule has 0 saturated heterocycles. The smallest absolute Gasteiger partial charge is 0.326 e. The van der Waals surface area contributed by atoms with Gasteiger partial charge in [0.25, 0.3) is 21.5 Å². The van der Waals surface area contributed by atoms with Crippen LogP contribution in [0, 0.1) is 11.6 Å². The summed E-state index contributed by atoms with van der Waals surface area (Å²) < 4.78 is 65.5. The number of methoxy groups -OCH3 is 1. The van der Waals surface area contributed by atoms with Crippen molar-refractivity contribution in [1.82, 2.24) is 24.6 Å². The van der Waals surface area contributed by atoms with Gasteiger partial charge in [0.1, 0.15) is 33.9 Å². The van der Waals surface area contributed by atoms with Gasteiger partial charge in [-0.15, -0.1) is 0 Å². The summed E-state index contributed by atoms with van der Waals surface area (Å²) in [4.78, 5) is 45.5. The zero-order chi connectivity index (χ0) is 32.5. The first-order valence-electron chi connectivity index (χ1n) is 13.1. The van der Waals surface area contributed by atoms with Crippen molar-refractivity contribution in [2.75, 3.05) is 11.8 Å². The summed E-state index contributed by atoms with van der Waals surface area (Å²) in [7, 11) is -1.42. The predicted octanol–water partition coefficient (Wildman–Crippen LogP) is 2.63. The van der Waals surface area contributed by atoms with Crippen molar-refractivity contribution in [3.8, 4) is 11.4 Å². The Hall–Kier alpha value is -5.64. The van der Waals surface area contributed by atoms with Crippen LogP contribution >= 0.6 is 0 Å². The van der Waals surface area contributed by atoms with Crippen molar-refractivity contribution in [2.24, 2.45) is 7.05 Å². The number of halogens is 2. The molecule has 1 atom stereocenters. The van der Waals surface area contributed by atoms with Gasteiger partial charge >= 0.3 is 5.97 Å². The second-order valence-corrected chi connectivity index (χ2v) is 11.3. The Labute approximate surface area is 253 Å². The predicted molar refractivity (Wildman–Crippen MR) is 157 cm³/mol. The molecule has 0 radical (unpaired) electrons. The van der Waals surface area contributed by atoms with Gasteiger partial charge in [0, 0.05) is 25.4 Å². The second-order valence-electron chi connectivity index (χ2n) is 9.68. The quantitative estimate of drug-likeness (QED) is 0.208. The molecule has 5 rings (SSSR count). The lowest BCUT2D eigenvalue weighted by Gasteiger charge is -2.16. The van der Waals surface area contributed by atoms with Gasteiger partial charge in [0.15, 0.2) is 0 Å². The summed E-state index contributed by atoms with van der Waals surface area (Å²) in [5, 5.41) is 12.2. The number of amides is 1. The minimum absolute atomic E-state index is 0.00854. The highest BCUT2D eigenvalue weighted by Crippen LogP contribution is 2.27. The average molecular weight is 639 g/mol. The van der Waals surface area contributed by atoms with Crippen LogP contribution in [0.4, 0.5) is 14.5 Å². The number of carboxylic acid groups (broad SMARTS) is 1. The van der Waals surface area contributed by atoms with Crippen LogP contribution in [0.15, 0.2) is 82.9 Å². The van der Waals surface area contributed by atoms with Crippen molar-refractivity contribution < 1.29 is 36.6 Å². The summed E-state index contributed by atoms with van der Waals surface area (Å²) in [6, 6.07) is 9.66. The van der Waals surface area contributed by atoms with Crippen molar-refractivity contribution in [3.05, 3.63) is 106 Å². The zero-order valence-electron chi connectivity index (χ0n) is 23.6. The number of pyridine rings is 2. The van der Waals surface area contributed by atoms with Gasteiger partial charge in [-0.25, -0.2) is 26.7 Å². The molecule has 0 aliphatic heterocycles. The molecule has 2 aromatic carbocycles. The second kappa shape index (κ2) is 12.2. The highest BCUT2D eigenvalue weighted by molar-refractivity contribution is 7.92. The summed E-state index contributed by atoms with van der Waals surface area (Å²) >= 11 is 0. The van der Waals surface area contributed by atoms with Crippen molar-refractivity contribution in [2.45, 2.75) is 17.4 Å². The van der Waals surface area contributed by atoms with E-state index in [1.165, 1.54) is 66.8 Å². The number of carbonyl (C=O) groups excluding carboxylic acids is 1. The fourth-order valence-corrected chi connectivity index (χ4v) is 5.89. The topological polar surface area (TPSA) is 175 Å². The SMILES string of the molecule is COc1ccccc1S(=O)(=O)Nc1cc(F)c(C(=O)N[C@@H](Cc2ccc(-n3c(=O)c4ccncc4n3C)cn2)C(=O)O)c(F)c1. The van der Waals surface area contributed by atoms with Gasteiger partial charge in [-0.1, -0.05) is 12.1 Å². The van der Waals surface area contributed by atoms with E-state index in [0.717, 1.165) is 0 Å². The molecule has 0 spiro atoms.